The minimum absolute atomic E-state index is 0.288. The number of ketones is 1. The van der Waals surface area contributed by atoms with E-state index in [1.807, 2.05) is 6.08 Å². The number of rotatable bonds is 3. The standard InChI is InChI=1S/C20H32O2/c1-5-13(2)22-19-18-8-6-14-12-15(21)7-9-16(14)17(18)10-11-20(19,3)4/h12-13,16-19H,5-11H2,1-4H3. The molecule has 0 amide bonds. The maximum absolute atomic E-state index is 11.7. The summed E-state index contributed by atoms with van der Waals surface area (Å²) in [5.74, 6) is 2.45. The Morgan fingerprint density at radius 3 is 2.73 bits per heavy atom. The van der Waals surface area contributed by atoms with E-state index < -0.39 is 0 Å². The first-order chi connectivity index (χ1) is 10.4. The topological polar surface area (TPSA) is 26.3 Å². The lowest BCUT2D eigenvalue weighted by Crippen LogP contribution is -2.51. The van der Waals surface area contributed by atoms with Crippen LogP contribution < -0.4 is 0 Å². The van der Waals surface area contributed by atoms with E-state index >= 15 is 0 Å². The number of carbonyl (C=O) groups excluding carboxylic acids is 1. The summed E-state index contributed by atoms with van der Waals surface area (Å²) in [6.07, 6.45) is 10.6. The predicted octanol–water partition coefficient (Wildman–Crippen LogP) is 4.92. The van der Waals surface area contributed by atoms with Gasteiger partial charge in [-0.15, -0.1) is 0 Å². The number of carbonyl (C=O) groups is 1. The number of fused-ring (bicyclic) bond motifs is 3. The molecule has 3 aliphatic carbocycles. The average Bonchev–Trinajstić information content (AvgIpc) is 2.49. The second-order valence-electron chi connectivity index (χ2n) is 8.50. The number of hydrogen-bond acceptors (Lipinski definition) is 2. The van der Waals surface area contributed by atoms with Crippen molar-refractivity contribution in [1.29, 1.82) is 0 Å². The van der Waals surface area contributed by atoms with Gasteiger partial charge in [-0.2, -0.15) is 0 Å². The molecular weight excluding hydrogens is 272 g/mol. The van der Waals surface area contributed by atoms with Crippen molar-refractivity contribution in [3.05, 3.63) is 11.6 Å². The molecule has 5 atom stereocenters. The van der Waals surface area contributed by atoms with Gasteiger partial charge in [-0.25, -0.2) is 0 Å². The Balaban J connectivity index is 1.83. The zero-order valence-electron chi connectivity index (χ0n) is 14.7. The fourth-order valence-corrected chi connectivity index (χ4v) is 5.14. The largest absolute Gasteiger partial charge is 0.374 e. The highest BCUT2D eigenvalue weighted by Gasteiger charge is 2.50. The SMILES string of the molecule is CCC(C)OC1C2CCC3=CC(=O)CCC3C2CCC1(C)C. The van der Waals surface area contributed by atoms with E-state index in [1.165, 1.54) is 24.8 Å². The molecule has 2 saturated carbocycles. The average molecular weight is 304 g/mol. The van der Waals surface area contributed by atoms with Crippen molar-refractivity contribution in [2.24, 2.45) is 23.2 Å². The predicted molar refractivity (Wildman–Crippen MR) is 89.7 cm³/mol. The lowest BCUT2D eigenvalue weighted by atomic mass is 9.55. The normalized spacial score (nSPS) is 38.7. The lowest BCUT2D eigenvalue weighted by molar-refractivity contribution is -0.146. The first-order valence-corrected chi connectivity index (χ1v) is 9.31. The Bertz CT molecular complexity index is 462. The summed E-state index contributed by atoms with van der Waals surface area (Å²) in [7, 11) is 0. The first-order valence-electron chi connectivity index (χ1n) is 9.31. The van der Waals surface area contributed by atoms with Crippen LogP contribution in [-0.4, -0.2) is 18.0 Å². The van der Waals surface area contributed by atoms with Crippen molar-refractivity contribution in [2.45, 2.75) is 84.8 Å². The van der Waals surface area contributed by atoms with Gasteiger partial charge in [0.25, 0.3) is 0 Å². The second-order valence-corrected chi connectivity index (χ2v) is 8.50. The van der Waals surface area contributed by atoms with Gasteiger partial charge in [-0.1, -0.05) is 26.3 Å². The van der Waals surface area contributed by atoms with E-state index in [1.54, 1.807) is 0 Å². The summed E-state index contributed by atoms with van der Waals surface area (Å²) in [5.41, 5.74) is 1.75. The third-order valence-corrected chi connectivity index (χ3v) is 6.59. The van der Waals surface area contributed by atoms with Crippen molar-refractivity contribution in [3.8, 4) is 0 Å². The van der Waals surface area contributed by atoms with Crippen molar-refractivity contribution in [2.75, 3.05) is 0 Å². The number of allylic oxidation sites excluding steroid dienone is 2. The molecular formula is C20H32O2. The molecule has 3 aliphatic rings. The number of hydrogen-bond donors (Lipinski definition) is 0. The van der Waals surface area contributed by atoms with Crippen LogP contribution in [0.25, 0.3) is 0 Å². The van der Waals surface area contributed by atoms with Crippen LogP contribution in [0.2, 0.25) is 0 Å². The Morgan fingerprint density at radius 2 is 2.00 bits per heavy atom. The van der Waals surface area contributed by atoms with Gasteiger partial charge in [0.1, 0.15) is 0 Å². The van der Waals surface area contributed by atoms with Gasteiger partial charge in [0.2, 0.25) is 0 Å². The quantitative estimate of drug-likeness (QED) is 0.739. The molecule has 0 bridgehead atoms. The minimum atomic E-state index is 0.288. The zero-order valence-corrected chi connectivity index (χ0v) is 14.7. The molecule has 0 aromatic heterocycles. The second kappa shape index (κ2) is 6.11. The summed E-state index contributed by atoms with van der Waals surface area (Å²) in [4.78, 5) is 11.7. The molecule has 2 heteroatoms. The van der Waals surface area contributed by atoms with Crippen LogP contribution in [0.3, 0.4) is 0 Å². The molecule has 0 saturated heterocycles. The Morgan fingerprint density at radius 1 is 1.23 bits per heavy atom. The van der Waals surface area contributed by atoms with Crippen LogP contribution in [0.4, 0.5) is 0 Å². The van der Waals surface area contributed by atoms with Crippen LogP contribution in [-0.2, 0) is 9.53 Å². The van der Waals surface area contributed by atoms with Crippen molar-refractivity contribution in [3.63, 3.8) is 0 Å². The maximum Gasteiger partial charge on any atom is 0.155 e. The van der Waals surface area contributed by atoms with Gasteiger partial charge in [-0.3, -0.25) is 4.79 Å². The third-order valence-electron chi connectivity index (χ3n) is 6.59. The van der Waals surface area contributed by atoms with Gasteiger partial charge in [0, 0.05) is 6.42 Å². The lowest BCUT2D eigenvalue weighted by Gasteiger charge is -2.53. The fraction of sp³-hybridized carbons (Fsp3) is 0.850. The van der Waals surface area contributed by atoms with Crippen molar-refractivity contribution in [1.82, 2.24) is 0 Å². The van der Waals surface area contributed by atoms with Crippen molar-refractivity contribution >= 4 is 5.78 Å². The van der Waals surface area contributed by atoms with E-state index in [0.29, 0.717) is 29.8 Å². The van der Waals surface area contributed by atoms with Crippen molar-refractivity contribution < 1.29 is 9.53 Å². The van der Waals surface area contributed by atoms with E-state index in [0.717, 1.165) is 31.6 Å². The highest BCUT2D eigenvalue weighted by molar-refractivity contribution is 5.91. The minimum Gasteiger partial charge on any atom is -0.374 e. The monoisotopic (exact) mass is 304 g/mol. The van der Waals surface area contributed by atoms with Gasteiger partial charge >= 0.3 is 0 Å². The molecule has 2 fully saturated rings. The van der Waals surface area contributed by atoms with Crippen LogP contribution in [0.15, 0.2) is 11.6 Å². The molecule has 0 aromatic carbocycles. The van der Waals surface area contributed by atoms with Gasteiger partial charge < -0.3 is 4.74 Å². The van der Waals surface area contributed by atoms with Gasteiger partial charge in [-0.05, 0) is 74.7 Å². The van der Waals surface area contributed by atoms with Gasteiger partial charge in [0.15, 0.2) is 5.78 Å². The van der Waals surface area contributed by atoms with Crippen LogP contribution in [0.1, 0.15) is 72.6 Å². The Hall–Kier alpha value is -0.630. The summed E-state index contributed by atoms with van der Waals surface area (Å²) < 4.78 is 6.54. The van der Waals surface area contributed by atoms with Gasteiger partial charge in [0.05, 0.1) is 12.2 Å². The highest BCUT2D eigenvalue weighted by Crippen LogP contribution is 2.54. The third kappa shape index (κ3) is 2.91. The summed E-state index contributed by atoms with van der Waals surface area (Å²) in [6, 6.07) is 0. The highest BCUT2D eigenvalue weighted by atomic mass is 16.5. The molecule has 0 aliphatic heterocycles. The Kier molecular flexibility index (Phi) is 4.51. The van der Waals surface area contributed by atoms with E-state index in [2.05, 4.69) is 27.7 Å². The van der Waals surface area contributed by atoms with E-state index in [4.69, 9.17) is 4.74 Å². The van der Waals surface area contributed by atoms with Crippen LogP contribution in [0.5, 0.6) is 0 Å². The van der Waals surface area contributed by atoms with E-state index in [9.17, 15) is 4.79 Å². The molecule has 0 spiro atoms. The molecule has 0 N–H and O–H groups in total. The molecule has 0 aromatic rings. The molecule has 22 heavy (non-hydrogen) atoms. The van der Waals surface area contributed by atoms with Crippen LogP contribution in [0, 0.1) is 23.2 Å². The first kappa shape index (κ1) is 16.2. The Labute approximate surface area is 135 Å². The zero-order chi connectivity index (χ0) is 15.9. The smallest absolute Gasteiger partial charge is 0.155 e. The molecule has 0 heterocycles. The summed E-state index contributed by atoms with van der Waals surface area (Å²) in [6.45, 7) is 9.22. The molecule has 124 valence electrons. The maximum atomic E-state index is 11.7. The number of ether oxygens (including phenoxy) is 1. The fourth-order valence-electron chi connectivity index (χ4n) is 5.14. The summed E-state index contributed by atoms with van der Waals surface area (Å²) >= 11 is 0. The molecule has 0 radical (unpaired) electrons. The van der Waals surface area contributed by atoms with Crippen LogP contribution >= 0.6 is 0 Å². The van der Waals surface area contributed by atoms with E-state index in [-0.39, 0.29) is 5.41 Å². The molecule has 3 rings (SSSR count). The molecule has 2 nitrogen and oxygen atoms in total. The molecule has 5 unspecified atom stereocenters. The summed E-state index contributed by atoms with van der Waals surface area (Å²) in [5, 5.41) is 0.